The van der Waals surface area contributed by atoms with Crippen molar-refractivity contribution in [2.45, 2.75) is 25.7 Å². The van der Waals surface area contributed by atoms with Crippen molar-refractivity contribution in [3.63, 3.8) is 0 Å². The lowest BCUT2D eigenvalue weighted by Crippen LogP contribution is -2.25. The molecule has 0 radical (unpaired) electrons. The number of allylic oxidation sites excluding steroid dienone is 1. The molecule has 0 aromatic heterocycles. The van der Waals surface area contributed by atoms with Gasteiger partial charge in [0.25, 0.3) is 6.47 Å². The number of hydrogen-bond acceptors (Lipinski definition) is 3. The summed E-state index contributed by atoms with van der Waals surface area (Å²) >= 11 is 0. The van der Waals surface area contributed by atoms with E-state index in [9.17, 15) is 4.79 Å². The van der Waals surface area contributed by atoms with Crippen LogP contribution in [-0.2, 0) is 29.0 Å². The van der Waals surface area contributed by atoms with Crippen LogP contribution in [0.2, 0.25) is 0 Å². The summed E-state index contributed by atoms with van der Waals surface area (Å²) in [4.78, 5) is 13.1. The van der Waals surface area contributed by atoms with E-state index in [1.807, 2.05) is 36.4 Å². The molecule has 0 N–H and O–H groups in total. The molecule has 112 valence electrons. The number of rotatable bonds is 6. The summed E-state index contributed by atoms with van der Waals surface area (Å²) in [6, 6.07) is 16.4. The fraction of sp³-hybridized carbons (Fsp3) is 0.211. The van der Waals surface area contributed by atoms with Crippen LogP contribution in [0.3, 0.4) is 0 Å². The van der Waals surface area contributed by atoms with Gasteiger partial charge in [-0.3, -0.25) is 9.69 Å². The molecule has 2 aromatic carbocycles. The quantitative estimate of drug-likeness (QED) is 0.602. The number of carbonyl (C=O) groups excluding carboxylic acids is 1. The molecule has 1 aliphatic rings. The lowest BCUT2D eigenvalue weighted by Gasteiger charge is -2.25. The first kappa shape index (κ1) is 14.5. The van der Waals surface area contributed by atoms with E-state index in [2.05, 4.69) is 29.7 Å². The third-order valence-corrected chi connectivity index (χ3v) is 4.00. The van der Waals surface area contributed by atoms with Gasteiger partial charge >= 0.3 is 0 Å². The van der Waals surface area contributed by atoms with E-state index in [0.29, 0.717) is 6.47 Å². The second-order valence-corrected chi connectivity index (χ2v) is 5.50. The molecular formula is C19H19NO2. The molecule has 1 atom stereocenters. The molecule has 1 aliphatic heterocycles. The van der Waals surface area contributed by atoms with Crippen molar-refractivity contribution in [2.24, 2.45) is 0 Å². The van der Waals surface area contributed by atoms with Gasteiger partial charge in [0.2, 0.25) is 0 Å². The van der Waals surface area contributed by atoms with Gasteiger partial charge in [-0.05, 0) is 23.1 Å². The summed E-state index contributed by atoms with van der Waals surface area (Å²) in [5, 5.41) is 0. The van der Waals surface area contributed by atoms with Crippen molar-refractivity contribution in [1.29, 1.82) is 0 Å². The average molecular weight is 293 g/mol. The molecule has 0 aliphatic carbocycles. The molecular weight excluding hydrogens is 274 g/mol. The first-order valence-corrected chi connectivity index (χ1v) is 7.41. The Morgan fingerprint density at radius 2 is 1.91 bits per heavy atom. The fourth-order valence-electron chi connectivity index (χ4n) is 2.98. The van der Waals surface area contributed by atoms with Gasteiger partial charge in [0.1, 0.15) is 0 Å². The van der Waals surface area contributed by atoms with Crippen LogP contribution in [0, 0.1) is 0 Å². The monoisotopic (exact) mass is 293 g/mol. The Balaban J connectivity index is 1.83. The molecule has 0 amide bonds. The highest BCUT2D eigenvalue weighted by molar-refractivity contribution is 5.40. The summed E-state index contributed by atoms with van der Waals surface area (Å²) < 4.78 is 5.35. The topological polar surface area (TPSA) is 29.5 Å². The van der Waals surface area contributed by atoms with Crippen molar-refractivity contribution in [2.75, 3.05) is 0 Å². The maximum Gasteiger partial charge on any atom is 0.294 e. The summed E-state index contributed by atoms with van der Waals surface area (Å²) in [5.41, 5.74) is 4.86. The van der Waals surface area contributed by atoms with Gasteiger partial charge in [-0.2, -0.15) is 0 Å². The first-order chi connectivity index (χ1) is 10.8. The maximum atomic E-state index is 10.9. The lowest BCUT2D eigenvalue weighted by molar-refractivity contribution is -0.145. The van der Waals surface area contributed by atoms with Crippen LogP contribution in [0.25, 0.3) is 0 Å². The van der Waals surface area contributed by atoms with Gasteiger partial charge in [0, 0.05) is 18.7 Å². The van der Waals surface area contributed by atoms with Crippen LogP contribution in [0.1, 0.15) is 28.5 Å². The standard InChI is InChI=1S/C19H19NO2/c1-2-6-15-9-10-17-12-20(13-18(17)11-15)19(22-14-21)16-7-4-3-5-8-16/h2-5,7-11,14,19H,1,6,12-13H2. The van der Waals surface area contributed by atoms with Gasteiger partial charge in [-0.25, -0.2) is 0 Å². The van der Waals surface area contributed by atoms with E-state index in [1.165, 1.54) is 16.7 Å². The molecule has 0 bridgehead atoms. The van der Waals surface area contributed by atoms with Gasteiger partial charge in [-0.1, -0.05) is 54.6 Å². The summed E-state index contributed by atoms with van der Waals surface area (Å²) in [6.07, 6.45) is 2.45. The number of fused-ring (bicyclic) bond motifs is 1. The minimum Gasteiger partial charge on any atom is -0.444 e. The average Bonchev–Trinajstić information content (AvgIpc) is 2.96. The van der Waals surface area contributed by atoms with Crippen molar-refractivity contribution >= 4 is 6.47 Å². The van der Waals surface area contributed by atoms with Gasteiger partial charge < -0.3 is 4.74 Å². The van der Waals surface area contributed by atoms with Crippen LogP contribution in [-0.4, -0.2) is 11.4 Å². The number of hydrogen-bond donors (Lipinski definition) is 0. The Morgan fingerprint density at radius 3 is 2.64 bits per heavy atom. The molecule has 0 saturated heterocycles. The molecule has 3 nitrogen and oxygen atoms in total. The zero-order valence-electron chi connectivity index (χ0n) is 12.4. The van der Waals surface area contributed by atoms with Gasteiger partial charge in [0.15, 0.2) is 6.23 Å². The van der Waals surface area contributed by atoms with Crippen LogP contribution in [0.5, 0.6) is 0 Å². The second kappa shape index (κ2) is 6.58. The van der Waals surface area contributed by atoms with E-state index in [-0.39, 0.29) is 6.23 Å². The third kappa shape index (κ3) is 2.95. The summed E-state index contributed by atoms with van der Waals surface area (Å²) in [6.45, 7) is 5.89. The van der Waals surface area contributed by atoms with E-state index in [1.54, 1.807) is 0 Å². The Bertz CT molecular complexity index is 666. The van der Waals surface area contributed by atoms with E-state index in [4.69, 9.17) is 4.74 Å². The Labute approximate surface area is 130 Å². The van der Waals surface area contributed by atoms with Gasteiger partial charge in [0.05, 0.1) is 0 Å². The van der Waals surface area contributed by atoms with E-state index < -0.39 is 0 Å². The fourth-order valence-corrected chi connectivity index (χ4v) is 2.98. The SMILES string of the molecule is C=CCc1ccc2c(c1)CN(C(OC=O)c1ccccc1)C2. The van der Waals surface area contributed by atoms with Gasteiger partial charge in [-0.15, -0.1) is 6.58 Å². The van der Waals surface area contributed by atoms with Crippen molar-refractivity contribution in [3.05, 3.63) is 83.4 Å². The molecule has 2 aromatic rings. The molecule has 0 spiro atoms. The number of ether oxygens (including phenoxy) is 1. The van der Waals surface area contributed by atoms with Crippen molar-refractivity contribution in [3.8, 4) is 0 Å². The predicted molar refractivity (Wildman–Crippen MR) is 85.9 cm³/mol. The Kier molecular flexibility index (Phi) is 4.35. The van der Waals surface area contributed by atoms with Crippen LogP contribution in [0.15, 0.2) is 61.2 Å². The molecule has 1 heterocycles. The van der Waals surface area contributed by atoms with Crippen molar-refractivity contribution < 1.29 is 9.53 Å². The molecule has 0 saturated carbocycles. The second-order valence-electron chi connectivity index (χ2n) is 5.50. The lowest BCUT2D eigenvalue weighted by atomic mass is 10.0. The number of carbonyl (C=O) groups is 1. The highest BCUT2D eigenvalue weighted by Gasteiger charge is 2.28. The normalized spacial score (nSPS) is 15.1. The van der Waals surface area contributed by atoms with Crippen LogP contribution in [0.4, 0.5) is 0 Å². The zero-order valence-corrected chi connectivity index (χ0v) is 12.4. The largest absolute Gasteiger partial charge is 0.444 e. The number of nitrogens with zero attached hydrogens (tertiary/aromatic N) is 1. The number of benzene rings is 2. The van der Waals surface area contributed by atoms with Crippen molar-refractivity contribution in [1.82, 2.24) is 4.90 Å². The third-order valence-electron chi connectivity index (χ3n) is 4.00. The highest BCUT2D eigenvalue weighted by atomic mass is 16.5. The smallest absolute Gasteiger partial charge is 0.294 e. The minimum absolute atomic E-state index is 0.339. The van der Waals surface area contributed by atoms with E-state index in [0.717, 1.165) is 25.1 Å². The first-order valence-electron chi connectivity index (χ1n) is 7.41. The zero-order chi connectivity index (χ0) is 15.4. The van der Waals surface area contributed by atoms with Crippen LogP contribution < -0.4 is 0 Å². The molecule has 1 unspecified atom stereocenters. The minimum atomic E-state index is -0.339. The highest BCUT2D eigenvalue weighted by Crippen LogP contribution is 2.32. The summed E-state index contributed by atoms with van der Waals surface area (Å²) in [5.74, 6) is 0. The van der Waals surface area contributed by atoms with Crippen LogP contribution >= 0.6 is 0 Å². The molecule has 0 fully saturated rings. The molecule has 22 heavy (non-hydrogen) atoms. The molecule has 3 heteroatoms. The maximum absolute atomic E-state index is 10.9. The predicted octanol–water partition coefficient (Wildman–Crippen LogP) is 3.60. The summed E-state index contributed by atoms with van der Waals surface area (Å²) in [7, 11) is 0. The van der Waals surface area contributed by atoms with E-state index >= 15 is 0 Å². The Hall–Kier alpha value is -2.39. The Morgan fingerprint density at radius 1 is 1.14 bits per heavy atom. The molecule has 3 rings (SSSR count).